The van der Waals surface area contributed by atoms with Gasteiger partial charge in [0.25, 0.3) is 0 Å². The summed E-state index contributed by atoms with van der Waals surface area (Å²) in [7, 11) is 1.29. The maximum atomic E-state index is 11.5. The van der Waals surface area contributed by atoms with Crippen molar-refractivity contribution in [2.45, 2.75) is 10.8 Å². The molecule has 0 N–H and O–H groups in total. The minimum atomic E-state index is -0.521. The average Bonchev–Trinajstić information content (AvgIpc) is 2.53. The zero-order valence-corrected chi connectivity index (χ0v) is 12.7. The van der Waals surface area contributed by atoms with E-state index < -0.39 is 5.97 Å². The molecule has 21 heavy (non-hydrogen) atoms. The predicted molar refractivity (Wildman–Crippen MR) is 81.3 cm³/mol. The molecule has 1 aromatic carbocycles. The molecule has 2 rings (SSSR count). The van der Waals surface area contributed by atoms with Gasteiger partial charge in [-0.3, -0.25) is 0 Å². The fourth-order valence-electron chi connectivity index (χ4n) is 1.59. The van der Waals surface area contributed by atoms with E-state index in [4.69, 9.17) is 16.9 Å². The number of aromatic nitrogens is 1. The molecule has 0 spiro atoms. The molecule has 1 aromatic heterocycles. The van der Waals surface area contributed by atoms with E-state index in [1.54, 1.807) is 18.2 Å². The van der Waals surface area contributed by atoms with Gasteiger partial charge in [0.05, 0.1) is 12.7 Å². The van der Waals surface area contributed by atoms with Crippen molar-refractivity contribution >= 4 is 29.3 Å². The lowest BCUT2D eigenvalue weighted by Gasteiger charge is -2.05. The smallest absolute Gasteiger partial charge is 0.356 e. The number of methoxy groups -OCH3 is 1. The van der Waals surface area contributed by atoms with E-state index in [9.17, 15) is 4.79 Å². The van der Waals surface area contributed by atoms with E-state index in [1.165, 1.54) is 24.9 Å². The Kier molecular flexibility index (Phi) is 5.20. The summed E-state index contributed by atoms with van der Waals surface area (Å²) < 4.78 is 4.63. The van der Waals surface area contributed by atoms with Crippen molar-refractivity contribution in [3.63, 3.8) is 0 Å². The van der Waals surface area contributed by atoms with Gasteiger partial charge >= 0.3 is 5.97 Å². The van der Waals surface area contributed by atoms with Crippen LogP contribution in [0.2, 0.25) is 5.02 Å². The van der Waals surface area contributed by atoms with Crippen LogP contribution in [0.4, 0.5) is 0 Å². The first kappa shape index (κ1) is 15.4. The fraction of sp³-hybridized carbons (Fsp3) is 0.133. The van der Waals surface area contributed by atoms with Gasteiger partial charge in [0, 0.05) is 10.8 Å². The first-order valence-electron chi connectivity index (χ1n) is 6.00. The number of halogens is 1. The van der Waals surface area contributed by atoms with Gasteiger partial charge in [-0.15, -0.1) is 11.8 Å². The maximum Gasteiger partial charge on any atom is 0.356 e. The van der Waals surface area contributed by atoms with Crippen LogP contribution in [0.3, 0.4) is 0 Å². The number of nitrogens with zero attached hydrogens (tertiary/aromatic N) is 2. The number of thioether (sulfide) groups is 1. The van der Waals surface area contributed by atoms with Crippen molar-refractivity contribution in [1.29, 1.82) is 5.26 Å². The highest BCUT2D eigenvalue weighted by Crippen LogP contribution is 2.25. The lowest BCUT2D eigenvalue weighted by atomic mass is 10.2. The minimum Gasteiger partial charge on any atom is -0.464 e. The zero-order valence-electron chi connectivity index (χ0n) is 11.2. The van der Waals surface area contributed by atoms with Crippen LogP contribution in [0, 0.1) is 11.3 Å². The van der Waals surface area contributed by atoms with Gasteiger partial charge in [-0.1, -0.05) is 23.7 Å². The molecule has 0 saturated carbocycles. The quantitative estimate of drug-likeness (QED) is 0.635. The van der Waals surface area contributed by atoms with Gasteiger partial charge in [0.2, 0.25) is 0 Å². The van der Waals surface area contributed by atoms with Crippen molar-refractivity contribution in [3.05, 3.63) is 58.2 Å². The molecule has 0 saturated heterocycles. The molecule has 4 nitrogen and oxygen atoms in total. The molecule has 0 bridgehead atoms. The second kappa shape index (κ2) is 7.11. The second-order valence-electron chi connectivity index (χ2n) is 4.07. The number of carbonyl (C=O) groups excluding carboxylic acids is 1. The fourth-order valence-corrected chi connectivity index (χ4v) is 2.64. The Morgan fingerprint density at radius 3 is 2.67 bits per heavy atom. The summed E-state index contributed by atoms with van der Waals surface area (Å²) in [6, 6.07) is 12.6. The molecule has 106 valence electrons. The Bertz CT molecular complexity index is 696. The van der Waals surface area contributed by atoms with E-state index in [0.29, 0.717) is 21.4 Å². The molecule has 0 unspecified atom stereocenters. The molecule has 0 aliphatic heterocycles. The first-order valence-corrected chi connectivity index (χ1v) is 7.37. The SMILES string of the molecule is COC(=O)c1ccc(C#N)c(SCc2ccc(Cl)cc2)n1. The third kappa shape index (κ3) is 3.97. The van der Waals surface area contributed by atoms with Crippen molar-refractivity contribution < 1.29 is 9.53 Å². The van der Waals surface area contributed by atoms with Gasteiger partial charge in [-0.2, -0.15) is 5.26 Å². The summed E-state index contributed by atoms with van der Waals surface area (Å²) in [6.45, 7) is 0. The van der Waals surface area contributed by atoms with E-state index in [0.717, 1.165) is 5.56 Å². The van der Waals surface area contributed by atoms with Crippen LogP contribution < -0.4 is 0 Å². The standard InChI is InChI=1S/C15H11ClN2O2S/c1-20-15(19)13-7-4-11(8-17)14(18-13)21-9-10-2-5-12(16)6-3-10/h2-7H,9H2,1H3. The molecule has 0 amide bonds. The molecule has 0 aliphatic rings. The number of nitriles is 1. The Hall–Kier alpha value is -2.03. The van der Waals surface area contributed by atoms with E-state index in [-0.39, 0.29) is 5.69 Å². The second-order valence-corrected chi connectivity index (χ2v) is 5.47. The Morgan fingerprint density at radius 1 is 1.33 bits per heavy atom. The molecule has 0 radical (unpaired) electrons. The number of rotatable bonds is 4. The van der Waals surface area contributed by atoms with Crippen LogP contribution in [0.15, 0.2) is 41.4 Å². The summed E-state index contributed by atoms with van der Waals surface area (Å²) in [5.74, 6) is 0.108. The summed E-state index contributed by atoms with van der Waals surface area (Å²) in [5, 5.41) is 10.3. The number of ether oxygens (including phenoxy) is 1. The lowest BCUT2D eigenvalue weighted by Crippen LogP contribution is -2.05. The van der Waals surface area contributed by atoms with Crippen LogP contribution in [0.25, 0.3) is 0 Å². The lowest BCUT2D eigenvalue weighted by molar-refractivity contribution is 0.0593. The maximum absolute atomic E-state index is 11.5. The Labute approximate surface area is 131 Å². The minimum absolute atomic E-state index is 0.190. The van der Waals surface area contributed by atoms with Crippen LogP contribution >= 0.6 is 23.4 Å². The highest BCUT2D eigenvalue weighted by atomic mass is 35.5. The molecule has 2 aromatic rings. The van der Waals surface area contributed by atoms with Crippen molar-refractivity contribution in [2.24, 2.45) is 0 Å². The topological polar surface area (TPSA) is 63.0 Å². The summed E-state index contributed by atoms with van der Waals surface area (Å²) >= 11 is 7.22. The van der Waals surface area contributed by atoms with Gasteiger partial charge in [-0.05, 0) is 29.8 Å². The molecule has 1 heterocycles. The van der Waals surface area contributed by atoms with Gasteiger partial charge in [-0.25, -0.2) is 9.78 Å². The highest BCUT2D eigenvalue weighted by molar-refractivity contribution is 7.98. The van der Waals surface area contributed by atoms with Crippen LogP contribution in [0.5, 0.6) is 0 Å². The van der Waals surface area contributed by atoms with Gasteiger partial charge in [0.15, 0.2) is 0 Å². The largest absolute Gasteiger partial charge is 0.464 e. The van der Waals surface area contributed by atoms with Crippen molar-refractivity contribution in [2.75, 3.05) is 7.11 Å². The number of carbonyl (C=O) groups is 1. The zero-order chi connectivity index (χ0) is 15.2. The number of hydrogen-bond acceptors (Lipinski definition) is 5. The molecule has 0 atom stereocenters. The Balaban J connectivity index is 2.19. The number of benzene rings is 1. The summed E-state index contributed by atoms with van der Waals surface area (Å²) in [6.07, 6.45) is 0. The van der Waals surface area contributed by atoms with Crippen LogP contribution in [-0.2, 0) is 10.5 Å². The van der Waals surface area contributed by atoms with E-state index in [2.05, 4.69) is 15.8 Å². The normalized spacial score (nSPS) is 9.95. The molecular weight excluding hydrogens is 308 g/mol. The molecular formula is C15H11ClN2O2S. The summed E-state index contributed by atoms with van der Waals surface area (Å²) in [4.78, 5) is 15.7. The number of hydrogen-bond donors (Lipinski definition) is 0. The summed E-state index contributed by atoms with van der Waals surface area (Å²) in [5.41, 5.74) is 1.68. The first-order chi connectivity index (χ1) is 10.1. The highest BCUT2D eigenvalue weighted by Gasteiger charge is 2.12. The van der Waals surface area contributed by atoms with Crippen LogP contribution in [-0.4, -0.2) is 18.1 Å². The van der Waals surface area contributed by atoms with Gasteiger partial charge < -0.3 is 4.74 Å². The number of esters is 1. The molecule has 0 aliphatic carbocycles. The van der Waals surface area contributed by atoms with E-state index >= 15 is 0 Å². The third-order valence-electron chi connectivity index (χ3n) is 2.66. The monoisotopic (exact) mass is 318 g/mol. The van der Waals surface area contributed by atoms with Crippen molar-refractivity contribution in [3.8, 4) is 6.07 Å². The van der Waals surface area contributed by atoms with E-state index in [1.807, 2.05) is 12.1 Å². The number of pyridine rings is 1. The Morgan fingerprint density at radius 2 is 2.05 bits per heavy atom. The molecule has 0 fully saturated rings. The average molecular weight is 319 g/mol. The molecule has 6 heteroatoms. The predicted octanol–water partition coefficient (Wildman–Crippen LogP) is 3.69. The van der Waals surface area contributed by atoms with Crippen molar-refractivity contribution in [1.82, 2.24) is 4.98 Å². The van der Waals surface area contributed by atoms with Crippen LogP contribution in [0.1, 0.15) is 21.6 Å². The van der Waals surface area contributed by atoms with Gasteiger partial charge in [0.1, 0.15) is 16.8 Å². The third-order valence-corrected chi connectivity index (χ3v) is 3.98.